The highest BCUT2D eigenvalue weighted by Gasteiger charge is 2.25. The molecule has 1 unspecified atom stereocenters. The van der Waals surface area contributed by atoms with Crippen LogP contribution in [-0.2, 0) is 14.4 Å². The van der Waals surface area contributed by atoms with E-state index in [0.717, 1.165) is 19.3 Å². The first-order chi connectivity index (χ1) is 8.92. The minimum Gasteiger partial charge on any atom is -0.481 e. The van der Waals surface area contributed by atoms with E-state index in [-0.39, 0.29) is 5.92 Å². The first kappa shape index (κ1) is 17.5. The molecule has 0 aliphatic heterocycles. The Morgan fingerprint density at radius 1 is 1.26 bits per heavy atom. The number of carbonyl (C=O) groups excluding carboxylic acids is 2. The van der Waals surface area contributed by atoms with Gasteiger partial charge in [-0.15, -0.1) is 0 Å². The van der Waals surface area contributed by atoms with Gasteiger partial charge in [-0.05, 0) is 6.42 Å². The van der Waals surface area contributed by atoms with E-state index in [1.165, 1.54) is 0 Å². The molecule has 0 heterocycles. The Kier molecular flexibility index (Phi) is 8.74. The van der Waals surface area contributed by atoms with E-state index in [2.05, 4.69) is 5.32 Å². The number of hydrogen-bond acceptors (Lipinski definition) is 3. The molecule has 110 valence electrons. The summed E-state index contributed by atoms with van der Waals surface area (Å²) in [5, 5.41) is 10.9. The standard InChI is InChI=1S/C13H22FNO4/c1-3-4-5-6-9(2)13(19)15-10(7-12(17)18)11(16)8-14/h9-10H,3-8H2,1-2H3,(H,15,19)(H,17,18)/t9-,10?/m0/s1. The van der Waals surface area contributed by atoms with Crippen LogP contribution in [0.15, 0.2) is 0 Å². The van der Waals surface area contributed by atoms with Gasteiger partial charge in [0.1, 0.15) is 12.7 Å². The third kappa shape index (κ3) is 7.54. The van der Waals surface area contributed by atoms with E-state index in [9.17, 15) is 18.8 Å². The zero-order valence-corrected chi connectivity index (χ0v) is 11.4. The third-order valence-corrected chi connectivity index (χ3v) is 2.90. The number of carboxylic acid groups (broad SMARTS) is 1. The lowest BCUT2D eigenvalue weighted by Crippen LogP contribution is -2.45. The lowest BCUT2D eigenvalue weighted by Gasteiger charge is -2.17. The number of carboxylic acids is 1. The number of rotatable bonds is 10. The summed E-state index contributed by atoms with van der Waals surface area (Å²) in [4.78, 5) is 33.6. The number of aliphatic carboxylic acids is 1. The average Bonchev–Trinajstić information content (AvgIpc) is 2.36. The number of halogens is 1. The van der Waals surface area contributed by atoms with Gasteiger partial charge in [-0.25, -0.2) is 4.39 Å². The molecular formula is C13H22FNO4. The van der Waals surface area contributed by atoms with Gasteiger partial charge in [0.15, 0.2) is 5.78 Å². The number of amides is 1. The molecule has 0 rings (SSSR count). The average molecular weight is 275 g/mol. The van der Waals surface area contributed by atoms with Gasteiger partial charge in [-0.1, -0.05) is 33.1 Å². The van der Waals surface area contributed by atoms with E-state index in [4.69, 9.17) is 5.11 Å². The van der Waals surface area contributed by atoms with Crippen molar-refractivity contribution in [3.63, 3.8) is 0 Å². The highest BCUT2D eigenvalue weighted by atomic mass is 19.1. The van der Waals surface area contributed by atoms with E-state index < -0.39 is 36.8 Å². The molecule has 2 atom stereocenters. The summed E-state index contributed by atoms with van der Waals surface area (Å²) < 4.78 is 12.3. The second kappa shape index (κ2) is 9.47. The molecule has 0 aromatic carbocycles. The van der Waals surface area contributed by atoms with Crippen molar-refractivity contribution in [3.8, 4) is 0 Å². The summed E-state index contributed by atoms with van der Waals surface area (Å²) in [5.41, 5.74) is 0. The van der Waals surface area contributed by atoms with Crippen LogP contribution in [0.3, 0.4) is 0 Å². The molecule has 0 spiro atoms. The first-order valence-electron chi connectivity index (χ1n) is 6.53. The van der Waals surface area contributed by atoms with Crippen molar-refractivity contribution >= 4 is 17.7 Å². The SMILES string of the molecule is CCCCC[C@H](C)C(=O)NC(CC(=O)O)C(=O)CF. The van der Waals surface area contributed by atoms with Crippen molar-refractivity contribution in [3.05, 3.63) is 0 Å². The number of ketones is 1. The maximum atomic E-state index is 12.3. The zero-order valence-electron chi connectivity index (χ0n) is 11.4. The Hall–Kier alpha value is -1.46. The first-order valence-corrected chi connectivity index (χ1v) is 6.53. The fraction of sp³-hybridized carbons (Fsp3) is 0.769. The van der Waals surface area contributed by atoms with Crippen molar-refractivity contribution < 1.29 is 23.9 Å². The predicted octanol–water partition coefficient (Wildman–Crippen LogP) is 1.70. The monoisotopic (exact) mass is 275 g/mol. The van der Waals surface area contributed by atoms with Crippen LogP contribution in [0, 0.1) is 5.92 Å². The van der Waals surface area contributed by atoms with E-state index in [0.29, 0.717) is 6.42 Å². The molecule has 2 N–H and O–H groups in total. The second-order valence-electron chi connectivity index (χ2n) is 4.66. The normalized spacial score (nSPS) is 13.6. The van der Waals surface area contributed by atoms with Gasteiger partial charge < -0.3 is 10.4 Å². The highest BCUT2D eigenvalue weighted by molar-refractivity contribution is 5.92. The summed E-state index contributed by atoms with van der Waals surface area (Å²) in [5.74, 6) is -2.86. The molecule has 1 amide bonds. The molecule has 0 bridgehead atoms. The van der Waals surface area contributed by atoms with Gasteiger partial charge in [-0.3, -0.25) is 14.4 Å². The summed E-state index contributed by atoms with van der Waals surface area (Å²) >= 11 is 0. The van der Waals surface area contributed by atoms with Crippen molar-refractivity contribution in [1.29, 1.82) is 0 Å². The van der Waals surface area contributed by atoms with Crippen LogP contribution in [0.4, 0.5) is 4.39 Å². The zero-order chi connectivity index (χ0) is 14.8. The molecule has 0 aromatic rings. The van der Waals surface area contributed by atoms with Gasteiger partial charge in [-0.2, -0.15) is 0 Å². The van der Waals surface area contributed by atoms with Gasteiger partial charge in [0.05, 0.1) is 6.42 Å². The van der Waals surface area contributed by atoms with Crippen LogP contribution in [0.2, 0.25) is 0 Å². The molecule has 0 aliphatic carbocycles. The number of nitrogens with one attached hydrogen (secondary N) is 1. The molecule has 0 saturated carbocycles. The lowest BCUT2D eigenvalue weighted by molar-refractivity contribution is -0.140. The molecule has 19 heavy (non-hydrogen) atoms. The Labute approximate surface area is 112 Å². The number of carbonyl (C=O) groups is 3. The smallest absolute Gasteiger partial charge is 0.305 e. The molecule has 0 fully saturated rings. The number of hydrogen-bond donors (Lipinski definition) is 2. The molecule has 0 radical (unpaired) electrons. The molecule has 5 nitrogen and oxygen atoms in total. The highest BCUT2D eigenvalue weighted by Crippen LogP contribution is 2.10. The summed E-state index contributed by atoms with van der Waals surface area (Å²) in [6.07, 6.45) is 3.03. The Bertz CT molecular complexity index is 320. The van der Waals surface area contributed by atoms with Gasteiger partial charge in [0.2, 0.25) is 5.91 Å². The lowest BCUT2D eigenvalue weighted by atomic mass is 10.0. The van der Waals surface area contributed by atoms with Crippen molar-refractivity contribution in [2.24, 2.45) is 5.92 Å². The Morgan fingerprint density at radius 3 is 2.37 bits per heavy atom. The number of alkyl halides is 1. The topological polar surface area (TPSA) is 83.5 Å². The minimum absolute atomic E-state index is 0.310. The Balaban J connectivity index is 4.36. The predicted molar refractivity (Wildman–Crippen MR) is 68.5 cm³/mol. The van der Waals surface area contributed by atoms with E-state index >= 15 is 0 Å². The second-order valence-corrected chi connectivity index (χ2v) is 4.66. The van der Waals surface area contributed by atoms with Gasteiger partial charge in [0, 0.05) is 5.92 Å². The maximum Gasteiger partial charge on any atom is 0.305 e. The number of Topliss-reactive ketones (excluding diaryl/α,β-unsaturated/α-hetero) is 1. The minimum atomic E-state index is -1.28. The van der Waals surface area contributed by atoms with E-state index in [1.807, 2.05) is 6.92 Å². The molecule has 0 aromatic heterocycles. The van der Waals surface area contributed by atoms with Gasteiger partial charge >= 0.3 is 5.97 Å². The Morgan fingerprint density at radius 2 is 1.89 bits per heavy atom. The van der Waals surface area contributed by atoms with Crippen LogP contribution in [-0.4, -0.2) is 35.5 Å². The fourth-order valence-corrected chi connectivity index (χ4v) is 1.66. The number of unbranched alkanes of at least 4 members (excludes halogenated alkanes) is 2. The van der Waals surface area contributed by atoms with Crippen LogP contribution in [0.25, 0.3) is 0 Å². The maximum absolute atomic E-state index is 12.3. The largest absolute Gasteiger partial charge is 0.481 e. The van der Waals surface area contributed by atoms with Crippen molar-refractivity contribution in [2.45, 2.75) is 52.0 Å². The fourth-order valence-electron chi connectivity index (χ4n) is 1.66. The van der Waals surface area contributed by atoms with Crippen LogP contribution in [0.1, 0.15) is 46.0 Å². The van der Waals surface area contributed by atoms with Crippen molar-refractivity contribution in [1.82, 2.24) is 5.32 Å². The quantitative estimate of drug-likeness (QED) is 0.594. The van der Waals surface area contributed by atoms with Gasteiger partial charge in [0.25, 0.3) is 0 Å². The molecule has 0 saturated heterocycles. The van der Waals surface area contributed by atoms with Crippen molar-refractivity contribution in [2.75, 3.05) is 6.67 Å². The van der Waals surface area contributed by atoms with Crippen LogP contribution >= 0.6 is 0 Å². The van der Waals surface area contributed by atoms with E-state index in [1.54, 1.807) is 6.92 Å². The summed E-state index contributed by atoms with van der Waals surface area (Å²) in [7, 11) is 0. The van der Waals surface area contributed by atoms with Crippen LogP contribution < -0.4 is 5.32 Å². The summed E-state index contributed by atoms with van der Waals surface area (Å²) in [6.45, 7) is 2.48. The molecule has 0 aliphatic rings. The third-order valence-electron chi connectivity index (χ3n) is 2.90. The van der Waals surface area contributed by atoms with Crippen LogP contribution in [0.5, 0.6) is 0 Å². The molecular weight excluding hydrogens is 253 g/mol. The summed E-state index contributed by atoms with van der Waals surface area (Å²) in [6, 6.07) is -1.27. The molecule has 6 heteroatoms.